The number of hydrogen-bond acceptors (Lipinski definition) is 3. The van der Waals surface area contributed by atoms with Crippen molar-refractivity contribution in [2.24, 2.45) is 11.1 Å². The summed E-state index contributed by atoms with van der Waals surface area (Å²) in [6.45, 7) is 5.56. The first-order valence-corrected chi connectivity index (χ1v) is 7.28. The lowest BCUT2D eigenvalue weighted by Crippen LogP contribution is -2.46. The van der Waals surface area contributed by atoms with Gasteiger partial charge >= 0.3 is 6.03 Å². The molecule has 0 aliphatic rings. The van der Waals surface area contributed by atoms with Gasteiger partial charge in [-0.2, -0.15) is 0 Å². The van der Waals surface area contributed by atoms with Gasteiger partial charge in [-0.15, -0.1) is 0 Å². The summed E-state index contributed by atoms with van der Waals surface area (Å²) in [5.41, 5.74) is 5.49. The zero-order chi connectivity index (χ0) is 16.8. The molecular weight excluding hydrogens is 282 g/mol. The lowest BCUT2D eigenvalue weighted by Gasteiger charge is -2.23. The average Bonchev–Trinajstić information content (AvgIpc) is 2.50. The van der Waals surface area contributed by atoms with Crippen LogP contribution in [0, 0.1) is 5.41 Å². The van der Waals surface area contributed by atoms with Crippen LogP contribution in [-0.2, 0) is 4.79 Å². The second-order valence-electron chi connectivity index (χ2n) is 5.81. The molecule has 0 spiro atoms. The largest absolute Gasteiger partial charge is 0.497 e. The summed E-state index contributed by atoms with van der Waals surface area (Å²) in [5, 5.41) is 5.57. The Hall–Kier alpha value is -2.24. The highest BCUT2D eigenvalue weighted by molar-refractivity contribution is 5.81. The lowest BCUT2D eigenvalue weighted by molar-refractivity contribution is -0.125. The maximum absolute atomic E-state index is 12.0. The third-order valence-corrected chi connectivity index (χ3v) is 3.59. The molecule has 0 radical (unpaired) electrons. The van der Waals surface area contributed by atoms with Crippen LogP contribution in [0.25, 0.3) is 0 Å². The highest BCUT2D eigenvalue weighted by atomic mass is 16.5. The van der Waals surface area contributed by atoms with Gasteiger partial charge in [-0.05, 0) is 38.0 Å². The van der Waals surface area contributed by atoms with E-state index in [2.05, 4.69) is 10.6 Å². The monoisotopic (exact) mass is 307 g/mol. The number of nitrogens with one attached hydrogen (secondary N) is 2. The number of nitrogens with two attached hydrogens (primary N) is 1. The van der Waals surface area contributed by atoms with E-state index in [1.54, 1.807) is 21.0 Å². The number of urea groups is 1. The van der Waals surface area contributed by atoms with Crippen molar-refractivity contribution in [1.29, 1.82) is 0 Å². The van der Waals surface area contributed by atoms with Crippen LogP contribution in [0.4, 0.5) is 4.79 Å². The number of methoxy groups -OCH3 is 1. The number of hydrogen-bond donors (Lipinski definition) is 3. The maximum atomic E-state index is 12.0. The van der Waals surface area contributed by atoms with Crippen LogP contribution in [0.5, 0.6) is 5.75 Å². The van der Waals surface area contributed by atoms with Crippen LogP contribution in [-0.4, -0.2) is 25.6 Å². The third kappa shape index (κ3) is 4.95. The standard InChI is InChI=1S/C16H25N3O3/c1-5-13(11-6-8-12(22-4)9-7-11)19-15(21)18-10-16(2,3)14(17)20/h6-9,13H,5,10H2,1-4H3,(H2,17,20)(H2,18,19,21). The van der Waals surface area contributed by atoms with E-state index in [-0.39, 0.29) is 18.6 Å². The van der Waals surface area contributed by atoms with E-state index in [1.165, 1.54) is 0 Å². The zero-order valence-electron chi connectivity index (χ0n) is 13.6. The molecule has 1 unspecified atom stereocenters. The highest BCUT2D eigenvalue weighted by Gasteiger charge is 2.25. The number of primary amides is 1. The highest BCUT2D eigenvalue weighted by Crippen LogP contribution is 2.20. The Kier molecular flexibility index (Phi) is 6.22. The van der Waals surface area contributed by atoms with Crippen LogP contribution in [0.3, 0.4) is 0 Å². The predicted molar refractivity (Wildman–Crippen MR) is 85.5 cm³/mol. The molecule has 6 heteroatoms. The molecule has 0 aliphatic carbocycles. The molecule has 22 heavy (non-hydrogen) atoms. The minimum absolute atomic E-state index is 0.109. The maximum Gasteiger partial charge on any atom is 0.315 e. The fourth-order valence-corrected chi connectivity index (χ4v) is 1.85. The SMILES string of the molecule is CCC(NC(=O)NCC(C)(C)C(N)=O)c1ccc(OC)cc1. The van der Waals surface area contributed by atoms with Crippen LogP contribution >= 0.6 is 0 Å². The molecule has 3 amide bonds. The van der Waals surface area contributed by atoms with Crippen LogP contribution in [0.15, 0.2) is 24.3 Å². The van der Waals surface area contributed by atoms with Gasteiger partial charge in [0.25, 0.3) is 0 Å². The Morgan fingerprint density at radius 3 is 2.32 bits per heavy atom. The van der Waals surface area contributed by atoms with Crippen molar-refractivity contribution in [3.8, 4) is 5.75 Å². The molecule has 0 heterocycles. The first-order valence-electron chi connectivity index (χ1n) is 7.28. The number of amides is 3. The zero-order valence-corrected chi connectivity index (χ0v) is 13.6. The normalized spacial score (nSPS) is 12.4. The molecule has 1 atom stereocenters. The van der Waals surface area contributed by atoms with E-state index in [1.807, 2.05) is 31.2 Å². The van der Waals surface area contributed by atoms with Gasteiger partial charge in [-0.3, -0.25) is 4.79 Å². The molecule has 0 aromatic heterocycles. The Labute approximate surface area is 131 Å². The van der Waals surface area contributed by atoms with E-state index in [0.717, 1.165) is 17.7 Å². The van der Waals surface area contributed by atoms with Crippen LogP contribution < -0.4 is 21.1 Å². The smallest absolute Gasteiger partial charge is 0.315 e. The van der Waals surface area contributed by atoms with Gasteiger partial charge in [0.05, 0.1) is 18.6 Å². The van der Waals surface area contributed by atoms with E-state index in [4.69, 9.17) is 10.5 Å². The second-order valence-corrected chi connectivity index (χ2v) is 5.81. The van der Waals surface area contributed by atoms with Gasteiger partial charge in [0, 0.05) is 6.54 Å². The molecule has 1 aromatic carbocycles. The molecule has 1 aromatic rings. The Bertz CT molecular complexity index is 512. The molecule has 0 aliphatic heterocycles. The van der Waals surface area contributed by atoms with E-state index < -0.39 is 11.3 Å². The van der Waals surface area contributed by atoms with Gasteiger partial charge in [0.1, 0.15) is 5.75 Å². The molecule has 4 N–H and O–H groups in total. The molecule has 0 saturated carbocycles. The topological polar surface area (TPSA) is 93.5 Å². The molecule has 6 nitrogen and oxygen atoms in total. The molecule has 0 fully saturated rings. The quantitative estimate of drug-likeness (QED) is 0.719. The van der Waals surface area contributed by atoms with E-state index in [0.29, 0.717) is 0 Å². The van der Waals surface area contributed by atoms with E-state index in [9.17, 15) is 9.59 Å². The number of rotatable bonds is 7. The molecule has 122 valence electrons. The number of carbonyl (C=O) groups excluding carboxylic acids is 2. The van der Waals surface area contributed by atoms with Crippen molar-refractivity contribution in [2.45, 2.75) is 33.2 Å². The minimum atomic E-state index is -0.779. The first kappa shape index (κ1) is 17.8. The fraction of sp³-hybridized carbons (Fsp3) is 0.500. The van der Waals surface area contributed by atoms with Crippen molar-refractivity contribution < 1.29 is 14.3 Å². The van der Waals surface area contributed by atoms with Crippen molar-refractivity contribution in [1.82, 2.24) is 10.6 Å². The fourth-order valence-electron chi connectivity index (χ4n) is 1.85. The molecule has 0 saturated heterocycles. The van der Waals surface area contributed by atoms with Crippen molar-refractivity contribution in [3.63, 3.8) is 0 Å². The summed E-state index contributed by atoms with van der Waals surface area (Å²) in [4.78, 5) is 23.2. The minimum Gasteiger partial charge on any atom is -0.497 e. The predicted octanol–water partition coefficient (Wildman–Crippen LogP) is 1.96. The van der Waals surface area contributed by atoms with Crippen LogP contribution in [0.1, 0.15) is 38.8 Å². The lowest BCUT2D eigenvalue weighted by atomic mass is 9.93. The van der Waals surface area contributed by atoms with Crippen LogP contribution in [0.2, 0.25) is 0 Å². The summed E-state index contributed by atoms with van der Waals surface area (Å²) in [6.07, 6.45) is 0.749. The Balaban J connectivity index is 2.61. The summed E-state index contributed by atoms with van der Waals surface area (Å²) < 4.78 is 5.12. The summed E-state index contributed by atoms with van der Waals surface area (Å²) in [6, 6.07) is 7.11. The molecule has 1 rings (SSSR count). The third-order valence-electron chi connectivity index (χ3n) is 3.59. The summed E-state index contributed by atoms with van der Waals surface area (Å²) in [7, 11) is 1.61. The molecular formula is C16H25N3O3. The van der Waals surface area contributed by atoms with E-state index >= 15 is 0 Å². The first-order chi connectivity index (χ1) is 10.3. The van der Waals surface area contributed by atoms with Gasteiger partial charge in [0.15, 0.2) is 0 Å². The summed E-state index contributed by atoms with van der Waals surface area (Å²) in [5.74, 6) is 0.321. The number of ether oxygens (including phenoxy) is 1. The van der Waals surface area contributed by atoms with Gasteiger partial charge in [-0.25, -0.2) is 4.79 Å². The second kappa shape index (κ2) is 7.68. The summed E-state index contributed by atoms with van der Waals surface area (Å²) >= 11 is 0. The Morgan fingerprint density at radius 1 is 1.27 bits per heavy atom. The van der Waals surface area contributed by atoms with Crippen molar-refractivity contribution in [2.75, 3.05) is 13.7 Å². The number of benzene rings is 1. The van der Waals surface area contributed by atoms with Gasteiger partial charge in [0.2, 0.25) is 5.91 Å². The van der Waals surface area contributed by atoms with Crippen molar-refractivity contribution >= 4 is 11.9 Å². The van der Waals surface area contributed by atoms with Gasteiger partial charge in [-0.1, -0.05) is 19.1 Å². The Morgan fingerprint density at radius 2 is 1.86 bits per heavy atom. The average molecular weight is 307 g/mol. The number of carbonyl (C=O) groups is 2. The van der Waals surface area contributed by atoms with Crippen molar-refractivity contribution in [3.05, 3.63) is 29.8 Å². The van der Waals surface area contributed by atoms with Gasteiger partial charge < -0.3 is 21.1 Å². The molecule has 0 bridgehead atoms.